The van der Waals surface area contributed by atoms with E-state index in [-0.39, 0.29) is 59.4 Å². The Morgan fingerprint density at radius 1 is 1.43 bits per heavy atom. The number of halogens is 1. The molecule has 1 aliphatic heterocycles. The Labute approximate surface area is 178 Å². The van der Waals surface area contributed by atoms with Crippen LogP contribution in [-0.2, 0) is 21.4 Å². The molecule has 0 aromatic heterocycles. The van der Waals surface area contributed by atoms with E-state index in [4.69, 9.17) is 0 Å². The zero-order chi connectivity index (χ0) is 15.9. The van der Waals surface area contributed by atoms with Crippen LogP contribution in [0.25, 0.3) is 0 Å². The molecule has 3 rings (SSSR count). The van der Waals surface area contributed by atoms with Gasteiger partial charge in [0.1, 0.15) is 17.7 Å². The number of rotatable bonds is 4. The Balaban J connectivity index is 0.00000144. The zero-order valence-electron chi connectivity index (χ0n) is 13.8. The minimum atomic E-state index is -4.02. The molecule has 122 valence electrons. The van der Waals surface area contributed by atoms with Gasteiger partial charge in [0.2, 0.25) is 0 Å². The number of aromatic hydroxyl groups is 1. The second-order valence-electron chi connectivity index (χ2n) is 5.84. The maximum absolute atomic E-state index is 14.3. The fourth-order valence-corrected chi connectivity index (χ4v) is 4.30. The molecule has 23 heavy (non-hydrogen) atoms. The molecule has 1 aromatic rings. The van der Waals surface area contributed by atoms with Gasteiger partial charge in [-0.15, -0.1) is 0 Å². The van der Waals surface area contributed by atoms with E-state index in [1.807, 2.05) is 0 Å². The molecule has 0 spiro atoms. The first-order valence-corrected chi connectivity index (χ1v) is 8.61. The summed E-state index contributed by atoms with van der Waals surface area (Å²) in [4.78, 5) is 10.7. The number of carbonyl (C=O) groups excluding carboxylic acids is 1. The summed E-state index contributed by atoms with van der Waals surface area (Å²) >= 11 is 0. The Morgan fingerprint density at radius 2 is 2.13 bits per heavy atom. The molecule has 1 unspecified atom stereocenters. The Morgan fingerprint density at radius 3 is 2.61 bits per heavy atom. The van der Waals surface area contributed by atoms with Crippen molar-refractivity contribution in [3.05, 3.63) is 23.5 Å². The summed E-state index contributed by atoms with van der Waals surface area (Å²) in [5.41, 5.74) is 0.245. The van der Waals surface area contributed by atoms with E-state index in [0.717, 1.165) is 12.8 Å². The molecule has 0 bridgehead atoms. The van der Waals surface area contributed by atoms with Gasteiger partial charge >= 0.3 is 61.6 Å². The van der Waals surface area contributed by atoms with Crippen molar-refractivity contribution in [2.24, 2.45) is 5.92 Å². The van der Waals surface area contributed by atoms with Crippen LogP contribution in [0, 0.1) is 11.7 Å². The van der Waals surface area contributed by atoms with E-state index in [1.54, 1.807) is 0 Å². The largest absolute Gasteiger partial charge is 1.00 e. The third kappa shape index (κ3) is 3.97. The van der Waals surface area contributed by atoms with E-state index < -0.39 is 33.5 Å². The van der Waals surface area contributed by atoms with Gasteiger partial charge in [0, 0.05) is 0 Å². The van der Waals surface area contributed by atoms with Gasteiger partial charge in [0.05, 0.1) is 12.6 Å². The Bertz CT molecular complexity index is 692. The van der Waals surface area contributed by atoms with E-state index in [9.17, 15) is 22.7 Å². The van der Waals surface area contributed by atoms with Gasteiger partial charge in [0.25, 0.3) is 0 Å². The van der Waals surface area contributed by atoms with Crippen LogP contribution in [0.1, 0.15) is 26.3 Å². The number of benzene rings is 1. The topological polar surface area (TPSA) is 86.7 Å². The Hall–Kier alpha value is -0.0336. The van der Waals surface area contributed by atoms with Crippen LogP contribution >= 0.6 is 0 Å². The molecule has 1 heterocycles. The van der Waals surface area contributed by atoms with Crippen LogP contribution in [-0.4, -0.2) is 32.4 Å². The van der Waals surface area contributed by atoms with Gasteiger partial charge in [-0.3, -0.25) is 0 Å². The summed E-state index contributed by atoms with van der Waals surface area (Å²) in [5, 5.41) is 10.1. The van der Waals surface area contributed by atoms with Crippen molar-refractivity contribution < 1.29 is 75.5 Å². The van der Waals surface area contributed by atoms with Gasteiger partial charge in [-0.2, -0.15) is 13.1 Å². The number of anilines is 1. The maximum atomic E-state index is 14.3. The molecule has 9 heteroatoms. The van der Waals surface area contributed by atoms with Gasteiger partial charge in [-0.05, 0) is 30.0 Å². The van der Waals surface area contributed by atoms with Crippen LogP contribution < -0.4 is 60.4 Å². The summed E-state index contributed by atoms with van der Waals surface area (Å²) in [7, 11) is -4.02. The summed E-state index contributed by atoms with van der Waals surface area (Å²) in [5.74, 6) is -0.723. The third-order valence-corrected chi connectivity index (χ3v) is 5.73. The molecule has 1 aromatic carbocycles. The number of phenols is 1. The van der Waals surface area contributed by atoms with Crippen molar-refractivity contribution >= 4 is 22.2 Å². The number of aldehydes is 1. The van der Waals surface area contributed by atoms with Crippen LogP contribution in [0.3, 0.4) is 0 Å². The maximum Gasteiger partial charge on any atom is 1.00 e. The molecule has 1 aliphatic carbocycles. The number of nitrogens with zero attached hydrogens (tertiary/aromatic N) is 1. The van der Waals surface area contributed by atoms with Gasteiger partial charge in [-0.1, -0.05) is 19.3 Å². The molecule has 2 aliphatic rings. The van der Waals surface area contributed by atoms with E-state index in [0.29, 0.717) is 28.5 Å². The molecule has 1 saturated heterocycles. The molecular formula is C14H18FKN2O4S. The third-order valence-electron chi connectivity index (χ3n) is 4.22. The molecule has 2 fully saturated rings. The fraction of sp³-hybridized carbons (Fsp3) is 0.500. The number of phenolic OH excluding ortho intramolecular Hbond substituents is 1. The number of carbonyl (C=O) groups is 1. The predicted molar refractivity (Wildman–Crippen MR) is 79.5 cm³/mol. The smallest absolute Gasteiger partial charge is 1.00 e. The van der Waals surface area contributed by atoms with Crippen molar-refractivity contribution in [1.29, 1.82) is 0 Å². The van der Waals surface area contributed by atoms with E-state index >= 15 is 0 Å². The minimum Gasteiger partial charge on any atom is -1.00 e. The van der Waals surface area contributed by atoms with E-state index in [1.165, 1.54) is 18.6 Å². The summed E-state index contributed by atoms with van der Waals surface area (Å²) in [6.07, 6.45) is 4.47. The van der Waals surface area contributed by atoms with Crippen LogP contribution in [0.2, 0.25) is 0 Å². The molecule has 0 radical (unpaired) electrons. The van der Waals surface area contributed by atoms with Gasteiger partial charge in [-0.25, -0.2) is 8.70 Å². The van der Waals surface area contributed by atoms with Crippen molar-refractivity contribution in [3.63, 3.8) is 0 Å². The van der Waals surface area contributed by atoms with Crippen LogP contribution in [0.5, 0.6) is 5.75 Å². The quantitative estimate of drug-likeness (QED) is 0.486. The zero-order valence-corrected chi connectivity index (χ0v) is 16.8. The van der Waals surface area contributed by atoms with Crippen molar-refractivity contribution in [1.82, 2.24) is 4.72 Å². The average Bonchev–Trinajstić information content (AvgIpc) is 2.69. The van der Waals surface area contributed by atoms with Crippen molar-refractivity contribution in [2.75, 3.05) is 10.8 Å². The SMILES string of the molecule is O=CC1CN(c2c(O)cc(CC3CCC3)cc2F)S(=O)(=O)N1.[H-].[K+]. The van der Waals surface area contributed by atoms with Gasteiger partial charge in [0.15, 0.2) is 5.82 Å². The second-order valence-corrected chi connectivity index (χ2v) is 7.47. The Kier molecular flexibility index (Phi) is 6.26. The monoisotopic (exact) mass is 368 g/mol. The van der Waals surface area contributed by atoms with Gasteiger partial charge < -0.3 is 11.3 Å². The van der Waals surface area contributed by atoms with Crippen molar-refractivity contribution in [2.45, 2.75) is 31.7 Å². The standard InChI is InChI=1S/C14H17FN2O4S.K.H/c15-12-5-10(4-9-2-1-3-9)6-13(19)14(12)17-7-11(8-18)16-22(17,20)21;;/h5-6,8-9,11,16,19H,1-4,7H2;;/q;+1;-1. The molecular weight excluding hydrogens is 350 g/mol. The predicted octanol–water partition coefficient (Wildman–Crippen LogP) is -1.79. The van der Waals surface area contributed by atoms with Crippen molar-refractivity contribution in [3.8, 4) is 5.75 Å². The first-order chi connectivity index (χ1) is 10.4. The first-order valence-electron chi connectivity index (χ1n) is 7.17. The second kappa shape index (κ2) is 7.46. The van der Waals surface area contributed by atoms with E-state index in [2.05, 4.69) is 4.72 Å². The first kappa shape index (κ1) is 19.3. The molecule has 0 amide bonds. The summed E-state index contributed by atoms with van der Waals surface area (Å²) in [6.45, 7) is -0.238. The number of nitrogens with one attached hydrogen (secondary N) is 1. The molecule has 1 atom stereocenters. The molecule has 1 saturated carbocycles. The summed E-state index contributed by atoms with van der Waals surface area (Å²) < 4.78 is 41.0. The number of hydrogen-bond acceptors (Lipinski definition) is 4. The minimum absolute atomic E-state index is 0. The normalized spacial score (nSPS) is 23.2. The van der Waals surface area contributed by atoms with Crippen LogP contribution in [0.4, 0.5) is 10.1 Å². The molecule has 6 nitrogen and oxygen atoms in total. The number of hydrogen-bond donors (Lipinski definition) is 2. The fourth-order valence-electron chi connectivity index (χ4n) is 2.89. The summed E-state index contributed by atoms with van der Waals surface area (Å²) in [6, 6.07) is 1.72. The molecule has 2 N–H and O–H groups in total. The van der Waals surface area contributed by atoms with Crippen LogP contribution in [0.15, 0.2) is 12.1 Å². The average molecular weight is 368 g/mol.